The van der Waals surface area contributed by atoms with E-state index in [0.29, 0.717) is 16.9 Å². The summed E-state index contributed by atoms with van der Waals surface area (Å²) in [6.45, 7) is 0.113. The number of benzene rings is 1. The molecule has 0 unspecified atom stereocenters. The molecule has 1 aromatic heterocycles. The summed E-state index contributed by atoms with van der Waals surface area (Å²) in [4.78, 5) is 4.17. The Balaban J connectivity index is 2.27. The van der Waals surface area contributed by atoms with Crippen LogP contribution in [-0.4, -0.2) is 15.7 Å². The molecule has 2 nitrogen and oxygen atoms in total. The molecule has 0 atom stereocenters. The number of nitrogens with zero attached hydrogens (tertiary/aromatic N) is 2. The molecular formula is C12H11ClF4N2. The molecule has 0 bridgehead atoms. The van der Waals surface area contributed by atoms with E-state index in [1.54, 1.807) is 0 Å². The van der Waals surface area contributed by atoms with Crippen LogP contribution in [-0.2, 0) is 12.4 Å². The van der Waals surface area contributed by atoms with E-state index in [0.717, 1.165) is 0 Å². The average Bonchev–Trinajstić information content (AvgIpc) is 2.65. The Morgan fingerprint density at radius 2 is 2.00 bits per heavy atom. The summed E-state index contributed by atoms with van der Waals surface area (Å²) >= 11 is 5.71. The highest BCUT2D eigenvalue weighted by molar-refractivity contribution is 6.16. The zero-order valence-corrected chi connectivity index (χ0v) is 10.6. The van der Waals surface area contributed by atoms with Crippen molar-refractivity contribution in [3.8, 4) is 0 Å². The highest BCUT2D eigenvalue weighted by atomic mass is 35.5. The highest BCUT2D eigenvalue weighted by Crippen LogP contribution is 2.24. The fourth-order valence-electron chi connectivity index (χ4n) is 1.93. The fraction of sp³-hybridized carbons (Fsp3) is 0.417. The molecule has 104 valence electrons. The third-order valence-corrected chi connectivity index (χ3v) is 2.99. The lowest BCUT2D eigenvalue weighted by Crippen LogP contribution is -2.10. The Hall–Kier alpha value is -1.30. The number of aromatic nitrogens is 2. The second-order valence-electron chi connectivity index (χ2n) is 4.17. The Labute approximate surface area is 112 Å². The summed E-state index contributed by atoms with van der Waals surface area (Å²) in [5.41, 5.74) is 1.00. The molecule has 0 aliphatic heterocycles. The topological polar surface area (TPSA) is 17.8 Å². The molecule has 1 aromatic carbocycles. The monoisotopic (exact) mass is 294 g/mol. The van der Waals surface area contributed by atoms with Gasteiger partial charge in [-0.1, -0.05) is 0 Å². The Morgan fingerprint density at radius 3 is 2.63 bits per heavy atom. The van der Waals surface area contributed by atoms with Crippen molar-refractivity contribution in [1.82, 2.24) is 9.55 Å². The van der Waals surface area contributed by atoms with Crippen LogP contribution < -0.4 is 0 Å². The summed E-state index contributed by atoms with van der Waals surface area (Å²) in [7, 11) is 0. The summed E-state index contributed by atoms with van der Waals surface area (Å²) in [5.74, 6) is 0.0671. The van der Waals surface area contributed by atoms with Gasteiger partial charge in [-0.25, -0.2) is 9.37 Å². The molecule has 0 radical (unpaired) electrons. The summed E-state index contributed by atoms with van der Waals surface area (Å²) in [6, 6.07) is 4.00. The molecule has 0 N–H and O–H groups in total. The van der Waals surface area contributed by atoms with Gasteiger partial charge in [0.2, 0.25) is 0 Å². The third-order valence-electron chi connectivity index (χ3n) is 2.75. The molecule has 0 saturated carbocycles. The molecule has 19 heavy (non-hydrogen) atoms. The molecule has 0 saturated heterocycles. The van der Waals surface area contributed by atoms with E-state index in [-0.39, 0.29) is 18.8 Å². The summed E-state index contributed by atoms with van der Waals surface area (Å²) in [6.07, 6.45) is -5.16. The molecule has 0 aliphatic carbocycles. The van der Waals surface area contributed by atoms with E-state index in [9.17, 15) is 17.6 Å². The van der Waals surface area contributed by atoms with Gasteiger partial charge in [0, 0.05) is 13.0 Å². The van der Waals surface area contributed by atoms with E-state index in [2.05, 4.69) is 4.98 Å². The number of rotatable bonds is 4. The fourth-order valence-corrected chi connectivity index (χ4v) is 2.14. The first-order chi connectivity index (χ1) is 8.90. The number of imidazole rings is 1. The van der Waals surface area contributed by atoms with Crippen LogP contribution in [0, 0.1) is 5.82 Å². The van der Waals surface area contributed by atoms with Crippen LogP contribution in [0.4, 0.5) is 17.6 Å². The van der Waals surface area contributed by atoms with Gasteiger partial charge >= 0.3 is 6.18 Å². The quantitative estimate of drug-likeness (QED) is 0.608. The average molecular weight is 295 g/mol. The molecule has 0 spiro atoms. The van der Waals surface area contributed by atoms with Gasteiger partial charge in [-0.2, -0.15) is 13.2 Å². The lowest BCUT2D eigenvalue weighted by atomic mass is 10.2. The first-order valence-corrected chi connectivity index (χ1v) is 6.21. The number of alkyl halides is 4. The van der Waals surface area contributed by atoms with E-state index in [1.807, 2.05) is 0 Å². The van der Waals surface area contributed by atoms with Crippen molar-refractivity contribution in [3.05, 3.63) is 29.8 Å². The molecule has 1 heterocycles. The van der Waals surface area contributed by atoms with Gasteiger partial charge in [0.25, 0.3) is 0 Å². The standard InChI is InChI=1S/C12H11ClF4N2/c13-7-11-18-9-3-2-8(14)6-10(9)19(11)5-1-4-12(15,16)17/h2-3,6H,1,4-5,7H2. The predicted octanol–water partition coefficient (Wildman–Crippen LogP) is 4.26. The molecular weight excluding hydrogens is 284 g/mol. The first-order valence-electron chi connectivity index (χ1n) is 5.68. The Morgan fingerprint density at radius 1 is 1.26 bits per heavy atom. The van der Waals surface area contributed by atoms with Gasteiger partial charge in [0.05, 0.1) is 16.9 Å². The van der Waals surface area contributed by atoms with Crippen LogP contribution in [0.2, 0.25) is 0 Å². The predicted molar refractivity (Wildman–Crippen MR) is 64.5 cm³/mol. The van der Waals surface area contributed by atoms with Crippen molar-refractivity contribution < 1.29 is 17.6 Å². The Kier molecular flexibility index (Phi) is 3.99. The van der Waals surface area contributed by atoms with Gasteiger partial charge in [-0.15, -0.1) is 11.6 Å². The van der Waals surface area contributed by atoms with E-state index >= 15 is 0 Å². The van der Waals surface area contributed by atoms with Crippen LogP contribution in [0.1, 0.15) is 18.7 Å². The second kappa shape index (κ2) is 5.36. The molecule has 0 fully saturated rings. The number of aryl methyl sites for hydroxylation is 1. The van der Waals surface area contributed by atoms with Crippen molar-refractivity contribution in [2.24, 2.45) is 0 Å². The van der Waals surface area contributed by atoms with Gasteiger partial charge in [0.1, 0.15) is 11.6 Å². The molecule has 2 aromatic rings. The normalized spacial score (nSPS) is 12.3. The van der Waals surface area contributed by atoms with Gasteiger partial charge in [-0.05, 0) is 24.6 Å². The Bertz CT molecular complexity index is 577. The second-order valence-corrected chi connectivity index (χ2v) is 4.43. The van der Waals surface area contributed by atoms with Crippen LogP contribution in [0.5, 0.6) is 0 Å². The minimum Gasteiger partial charge on any atom is -0.327 e. The first kappa shape index (κ1) is 14.1. The van der Waals surface area contributed by atoms with E-state index in [1.165, 1.54) is 22.8 Å². The lowest BCUT2D eigenvalue weighted by molar-refractivity contribution is -0.135. The zero-order valence-electron chi connectivity index (χ0n) is 9.84. The van der Waals surface area contributed by atoms with Crippen LogP contribution in [0.15, 0.2) is 18.2 Å². The maximum Gasteiger partial charge on any atom is 0.389 e. The van der Waals surface area contributed by atoms with E-state index in [4.69, 9.17) is 11.6 Å². The molecule has 0 aliphatic rings. The van der Waals surface area contributed by atoms with Crippen molar-refractivity contribution >= 4 is 22.6 Å². The number of halogens is 5. The minimum atomic E-state index is -4.19. The van der Waals surface area contributed by atoms with Crippen LogP contribution in [0.25, 0.3) is 11.0 Å². The van der Waals surface area contributed by atoms with Crippen molar-refractivity contribution in [3.63, 3.8) is 0 Å². The zero-order chi connectivity index (χ0) is 14.0. The van der Waals surface area contributed by atoms with E-state index < -0.39 is 18.4 Å². The largest absolute Gasteiger partial charge is 0.389 e. The van der Waals surface area contributed by atoms with Crippen LogP contribution >= 0.6 is 11.6 Å². The van der Waals surface area contributed by atoms with Gasteiger partial charge in [0.15, 0.2) is 0 Å². The number of hydrogen-bond donors (Lipinski definition) is 0. The highest BCUT2D eigenvalue weighted by Gasteiger charge is 2.26. The molecule has 2 rings (SSSR count). The summed E-state index contributed by atoms with van der Waals surface area (Å²) < 4.78 is 51.1. The van der Waals surface area contributed by atoms with Gasteiger partial charge in [-0.3, -0.25) is 0 Å². The lowest BCUT2D eigenvalue weighted by Gasteiger charge is -2.09. The molecule has 0 amide bonds. The SMILES string of the molecule is Fc1ccc2nc(CCl)n(CCCC(F)(F)F)c2c1. The maximum absolute atomic E-state index is 13.2. The van der Waals surface area contributed by atoms with Gasteiger partial charge < -0.3 is 4.57 Å². The van der Waals surface area contributed by atoms with Crippen LogP contribution in [0.3, 0.4) is 0 Å². The number of fused-ring (bicyclic) bond motifs is 1. The maximum atomic E-state index is 13.2. The third kappa shape index (κ3) is 3.37. The molecule has 7 heteroatoms. The smallest absolute Gasteiger partial charge is 0.327 e. The number of hydrogen-bond acceptors (Lipinski definition) is 1. The minimum absolute atomic E-state index is 0.0717. The summed E-state index contributed by atoms with van der Waals surface area (Å²) in [5, 5.41) is 0. The van der Waals surface area contributed by atoms with Crippen molar-refractivity contribution in [2.45, 2.75) is 31.4 Å². The van der Waals surface area contributed by atoms with Crippen molar-refractivity contribution in [2.75, 3.05) is 0 Å². The van der Waals surface area contributed by atoms with Crippen molar-refractivity contribution in [1.29, 1.82) is 0 Å².